The highest BCUT2D eigenvalue weighted by Gasteiger charge is 1.69. The number of aliphatic hydroxyl groups is 1. The molecule has 0 fully saturated rings. The smallest absolute Gasteiger partial charge is 0.126 e. The van der Waals surface area contributed by atoms with Gasteiger partial charge in [0.05, 0.1) is 0 Å². The van der Waals surface area contributed by atoms with Crippen molar-refractivity contribution in [2.75, 3.05) is 0 Å². The van der Waals surface area contributed by atoms with Gasteiger partial charge in [-0.1, -0.05) is 55.4 Å². The van der Waals surface area contributed by atoms with Gasteiger partial charge < -0.3 is 9.90 Å². The second-order valence-electron chi connectivity index (χ2n) is 2.00. The lowest BCUT2D eigenvalue weighted by atomic mass is 10.5. The molecule has 0 rings (SSSR count). The maximum absolute atomic E-state index is 9.44. The van der Waals surface area contributed by atoms with Gasteiger partial charge in [0.25, 0.3) is 0 Å². The van der Waals surface area contributed by atoms with Crippen LogP contribution in [0.4, 0.5) is 0 Å². The Balaban J connectivity index is -0.0000000196. The van der Waals surface area contributed by atoms with E-state index in [2.05, 4.69) is 0 Å². The summed E-state index contributed by atoms with van der Waals surface area (Å²) < 4.78 is 0. The molecule has 1 N–H and O–H groups in total. The predicted octanol–water partition coefficient (Wildman–Crippen LogP) is 5.09. The lowest BCUT2D eigenvalue weighted by Gasteiger charge is -1.80. The average molecular weight is 238 g/mol. The molecule has 0 aromatic heterocycles. The fourth-order valence-electron chi connectivity index (χ4n) is 0. The summed E-state index contributed by atoms with van der Waals surface area (Å²) in [6.45, 7) is 22.5. The van der Waals surface area contributed by atoms with Crippen molar-refractivity contribution in [1.82, 2.24) is 0 Å². The second-order valence-corrected chi connectivity index (χ2v) is 2.00. The molecule has 0 saturated carbocycles. The number of hydrogen-bond donors (Lipinski definition) is 1. The van der Waals surface area contributed by atoms with Crippen molar-refractivity contribution in [3.05, 3.63) is 0 Å². The lowest BCUT2D eigenvalue weighted by Crippen LogP contribution is -1.85. The summed E-state index contributed by atoms with van der Waals surface area (Å²) >= 11 is 0. The molecule has 0 aliphatic rings. The van der Waals surface area contributed by atoms with Gasteiger partial charge in [-0.2, -0.15) is 0 Å². The minimum absolute atomic E-state index is 0.167. The van der Waals surface area contributed by atoms with Crippen LogP contribution in [-0.2, 0) is 4.79 Å². The van der Waals surface area contributed by atoms with Gasteiger partial charge in [-0.05, 0) is 27.7 Å². The highest BCUT2D eigenvalue weighted by molar-refractivity contribution is 5.72. The Morgan fingerprint density at radius 1 is 0.750 bits per heavy atom. The van der Waals surface area contributed by atoms with E-state index in [9.17, 15) is 4.79 Å². The molecule has 0 radical (unpaired) electrons. The predicted molar refractivity (Wildman–Crippen MR) is 79.1 cm³/mol. The average Bonchev–Trinajstić information content (AvgIpc) is 2.27. The number of rotatable bonds is 0. The summed E-state index contributed by atoms with van der Waals surface area (Å²) in [5.41, 5.74) is 0. The third-order valence-corrected chi connectivity index (χ3v) is 0. The Morgan fingerprint density at radius 2 is 0.750 bits per heavy atom. The van der Waals surface area contributed by atoms with Crippen LogP contribution in [0, 0.1) is 0 Å². The van der Waals surface area contributed by atoms with Crippen LogP contribution < -0.4 is 0 Å². The zero-order valence-electron chi connectivity index (χ0n) is 13.9. The molecular formula is C14H38O2. The van der Waals surface area contributed by atoms with Crippen molar-refractivity contribution in [2.45, 2.75) is 89.2 Å². The number of carbonyl (C=O) groups excluding carboxylic acids is 1. The molecule has 2 heteroatoms. The van der Waals surface area contributed by atoms with E-state index in [1.54, 1.807) is 13.8 Å². The first-order valence-electron chi connectivity index (χ1n) is 6.62. The van der Waals surface area contributed by atoms with Crippen LogP contribution >= 0.6 is 0 Å². The number of ketones is 1. The van der Waals surface area contributed by atoms with Crippen molar-refractivity contribution in [1.29, 1.82) is 0 Å². The topological polar surface area (TPSA) is 37.3 Å². The zero-order chi connectivity index (χ0) is 15.2. The van der Waals surface area contributed by atoms with Crippen LogP contribution in [0.2, 0.25) is 0 Å². The third kappa shape index (κ3) is 15900. The molecule has 0 aromatic carbocycles. The van der Waals surface area contributed by atoms with Gasteiger partial charge in [0, 0.05) is 6.10 Å². The van der Waals surface area contributed by atoms with E-state index in [4.69, 9.17) is 5.11 Å². The normalized spacial score (nSPS) is 5.38. The molecule has 0 atom stereocenters. The lowest BCUT2D eigenvalue weighted by molar-refractivity contribution is -0.114. The quantitative estimate of drug-likeness (QED) is 0.638. The number of hydrogen-bond acceptors (Lipinski definition) is 2. The van der Waals surface area contributed by atoms with Crippen LogP contribution in [0.1, 0.15) is 83.1 Å². The molecule has 0 amide bonds. The zero-order valence-corrected chi connectivity index (χ0v) is 13.9. The highest BCUT2D eigenvalue weighted by atomic mass is 16.3. The minimum Gasteiger partial charge on any atom is -0.394 e. The highest BCUT2D eigenvalue weighted by Crippen LogP contribution is 1.65. The maximum Gasteiger partial charge on any atom is 0.126 e. The van der Waals surface area contributed by atoms with E-state index in [1.165, 1.54) is 13.8 Å². The Morgan fingerprint density at radius 3 is 0.750 bits per heavy atom. The van der Waals surface area contributed by atoms with Crippen molar-refractivity contribution in [3.63, 3.8) is 0 Å². The van der Waals surface area contributed by atoms with E-state index < -0.39 is 0 Å². The van der Waals surface area contributed by atoms with Crippen molar-refractivity contribution < 1.29 is 9.90 Å². The molecule has 0 aliphatic carbocycles. The third-order valence-electron chi connectivity index (χ3n) is 0. The van der Waals surface area contributed by atoms with E-state index in [-0.39, 0.29) is 11.9 Å². The summed E-state index contributed by atoms with van der Waals surface area (Å²) in [4.78, 5) is 9.44. The molecule has 0 spiro atoms. The van der Waals surface area contributed by atoms with Gasteiger partial charge in [-0.15, -0.1) is 0 Å². The van der Waals surface area contributed by atoms with Gasteiger partial charge in [-0.3, -0.25) is 0 Å². The fraction of sp³-hybridized carbons (Fsp3) is 0.929. The SMILES string of the molecule is CC.CC.CC.CC.CC(C)=O.CC(C)O. The molecular weight excluding hydrogens is 200 g/mol. The molecule has 16 heavy (non-hydrogen) atoms. The summed E-state index contributed by atoms with van der Waals surface area (Å²) in [6.07, 6.45) is -0.167. The maximum atomic E-state index is 9.44. The van der Waals surface area contributed by atoms with Crippen LogP contribution in [-0.4, -0.2) is 17.0 Å². The Kier molecular flexibility index (Phi) is 193. The second kappa shape index (κ2) is 85.7. The summed E-state index contributed by atoms with van der Waals surface area (Å²) in [5.74, 6) is 0.167. The van der Waals surface area contributed by atoms with E-state index in [0.29, 0.717) is 0 Å². The van der Waals surface area contributed by atoms with Gasteiger partial charge in [0.2, 0.25) is 0 Å². The van der Waals surface area contributed by atoms with Crippen molar-refractivity contribution in [3.8, 4) is 0 Å². The van der Waals surface area contributed by atoms with E-state index in [1.807, 2.05) is 55.4 Å². The van der Waals surface area contributed by atoms with Crippen LogP contribution in [0.15, 0.2) is 0 Å². The first-order chi connectivity index (χ1) is 7.46. The summed E-state index contributed by atoms with van der Waals surface area (Å²) in [5, 5.41) is 8.06. The molecule has 0 heterocycles. The van der Waals surface area contributed by atoms with Gasteiger partial charge in [0.15, 0.2) is 0 Å². The van der Waals surface area contributed by atoms with E-state index in [0.717, 1.165) is 0 Å². The number of carbonyl (C=O) groups is 1. The number of Topliss-reactive ketones (excluding diaryl/α,β-unsaturated/α-hetero) is 1. The first-order valence-corrected chi connectivity index (χ1v) is 6.62. The van der Waals surface area contributed by atoms with Crippen molar-refractivity contribution >= 4 is 5.78 Å². The Bertz CT molecular complexity index is 53.0. The fourth-order valence-corrected chi connectivity index (χ4v) is 0. The van der Waals surface area contributed by atoms with Crippen LogP contribution in [0.3, 0.4) is 0 Å². The van der Waals surface area contributed by atoms with Gasteiger partial charge >= 0.3 is 0 Å². The van der Waals surface area contributed by atoms with Crippen LogP contribution in [0.5, 0.6) is 0 Å². The Labute approximate surface area is 105 Å². The minimum atomic E-state index is -0.167. The molecule has 106 valence electrons. The standard InChI is InChI=1S/C3H8O.C3H6O.4C2H6/c2*1-3(2)4;4*1-2/h3-4H,1-2H3;1-2H3;4*1-2H3. The largest absolute Gasteiger partial charge is 0.394 e. The Hall–Kier alpha value is -0.370. The molecule has 0 unspecified atom stereocenters. The molecule has 0 aliphatic heterocycles. The van der Waals surface area contributed by atoms with Gasteiger partial charge in [0.1, 0.15) is 5.78 Å². The summed E-state index contributed by atoms with van der Waals surface area (Å²) in [7, 11) is 0. The molecule has 0 saturated heterocycles. The van der Waals surface area contributed by atoms with E-state index >= 15 is 0 Å². The van der Waals surface area contributed by atoms with Crippen LogP contribution in [0.25, 0.3) is 0 Å². The monoisotopic (exact) mass is 238 g/mol. The molecule has 2 nitrogen and oxygen atoms in total. The summed E-state index contributed by atoms with van der Waals surface area (Å²) in [6, 6.07) is 0. The van der Waals surface area contributed by atoms with Gasteiger partial charge in [-0.25, -0.2) is 0 Å². The molecule has 0 bridgehead atoms. The van der Waals surface area contributed by atoms with Crippen molar-refractivity contribution in [2.24, 2.45) is 0 Å². The molecule has 0 aromatic rings. The first kappa shape index (κ1) is 36.1. The number of aliphatic hydroxyl groups excluding tert-OH is 1.